The topological polar surface area (TPSA) is 73.0 Å². The average molecular weight is 472 g/mol. The van der Waals surface area contributed by atoms with E-state index >= 15 is 0 Å². The molecule has 0 spiro atoms. The fourth-order valence-electron chi connectivity index (χ4n) is 4.12. The number of carbonyl (C=O) groups is 1. The highest BCUT2D eigenvalue weighted by atomic mass is 35.5. The fourth-order valence-corrected chi connectivity index (χ4v) is 4.32. The summed E-state index contributed by atoms with van der Waals surface area (Å²) < 4.78 is 16.4. The number of halogens is 2. The Bertz CT molecular complexity index is 1200. The highest BCUT2D eigenvalue weighted by Crippen LogP contribution is 2.28. The normalized spacial score (nSPS) is 15.1. The van der Waals surface area contributed by atoms with Crippen molar-refractivity contribution in [3.8, 4) is 17.1 Å². The van der Waals surface area contributed by atoms with Crippen LogP contribution in [0, 0.1) is 17.2 Å². The molecule has 0 saturated carbocycles. The van der Waals surface area contributed by atoms with E-state index in [-0.39, 0.29) is 23.3 Å². The molecule has 0 bridgehead atoms. The number of piperidine rings is 1. The third-order valence-electron chi connectivity index (χ3n) is 5.91. The minimum atomic E-state index is -0.406. The maximum atomic E-state index is 13.5. The van der Waals surface area contributed by atoms with Gasteiger partial charge in [-0.1, -0.05) is 32.4 Å². The van der Waals surface area contributed by atoms with Crippen molar-refractivity contribution in [1.82, 2.24) is 24.2 Å². The van der Waals surface area contributed by atoms with Crippen LogP contribution in [0.15, 0.2) is 47.5 Å². The van der Waals surface area contributed by atoms with E-state index in [4.69, 9.17) is 11.6 Å². The van der Waals surface area contributed by atoms with Gasteiger partial charge in [0.25, 0.3) is 0 Å². The van der Waals surface area contributed by atoms with Gasteiger partial charge in [-0.2, -0.15) is 0 Å². The van der Waals surface area contributed by atoms with Gasteiger partial charge in [0.05, 0.1) is 10.7 Å². The molecule has 3 aromatic rings. The molecule has 1 aromatic carbocycles. The molecule has 0 unspecified atom stereocenters. The lowest BCUT2D eigenvalue weighted by molar-refractivity contribution is -0.140. The molecular formula is C24H27ClFN5O2. The van der Waals surface area contributed by atoms with Crippen molar-refractivity contribution in [2.45, 2.75) is 40.2 Å². The van der Waals surface area contributed by atoms with Crippen molar-refractivity contribution in [2.75, 3.05) is 13.1 Å². The molecule has 0 aliphatic carbocycles. The van der Waals surface area contributed by atoms with Crippen LogP contribution in [0.1, 0.15) is 33.6 Å². The lowest BCUT2D eigenvalue weighted by atomic mass is 9.91. The quantitative estimate of drug-likeness (QED) is 0.572. The van der Waals surface area contributed by atoms with E-state index in [9.17, 15) is 14.0 Å². The second-order valence-electron chi connectivity index (χ2n) is 9.44. The summed E-state index contributed by atoms with van der Waals surface area (Å²) in [6.45, 7) is 7.53. The Balaban J connectivity index is 1.63. The van der Waals surface area contributed by atoms with Crippen LogP contribution in [0.5, 0.6) is 0 Å². The van der Waals surface area contributed by atoms with E-state index in [0.717, 1.165) is 12.8 Å². The van der Waals surface area contributed by atoms with E-state index in [1.807, 2.05) is 25.7 Å². The Morgan fingerprint density at radius 1 is 1.15 bits per heavy atom. The molecule has 1 aliphatic rings. The third kappa shape index (κ3) is 4.85. The molecule has 1 amide bonds. The first kappa shape index (κ1) is 23.2. The molecule has 0 atom stereocenters. The zero-order chi connectivity index (χ0) is 23.8. The molecule has 9 heteroatoms. The van der Waals surface area contributed by atoms with Crippen LogP contribution in [0.4, 0.5) is 4.39 Å². The summed E-state index contributed by atoms with van der Waals surface area (Å²) in [5.41, 5.74) is 0.340. The lowest BCUT2D eigenvalue weighted by Crippen LogP contribution is -2.45. The van der Waals surface area contributed by atoms with Crippen LogP contribution >= 0.6 is 11.6 Å². The van der Waals surface area contributed by atoms with Crippen LogP contribution in [-0.4, -0.2) is 43.2 Å². The van der Waals surface area contributed by atoms with Crippen molar-refractivity contribution in [2.24, 2.45) is 11.3 Å². The van der Waals surface area contributed by atoms with Crippen molar-refractivity contribution in [1.29, 1.82) is 0 Å². The number of amides is 1. The van der Waals surface area contributed by atoms with Gasteiger partial charge in [0, 0.05) is 43.0 Å². The number of benzene rings is 1. The van der Waals surface area contributed by atoms with E-state index in [0.29, 0.717) is 41.7 Å². The lowest BCUT2D eigenvalue weighted by Gasteiger charge is -2.35. The minimum Gasteiger partial charge on any atom is -0.342 e. The Morgan fingerprint density at radius 2 is 1.82 bits per heavy atom. The van der Waals surface area contributed by atoms with Gasteiger partial charge in [-0.15, -0.1) is 5.10 Å². The first-order valence-electron chi connectivity index (χ1n) is 11.0. The van der Waals surface area contributed by atoms with E-state index in [1.165, 1.54) is 39.7 Å². The zero-order valence-electron chi connectivity index (χ0n) is 19.0. The Hall–Kier alpha value is -3.00. The number of carbonyl (C=O) groups excluding carboxylic acids is 1. The number of rotatable bonds is 4. The monoisotopic (exact) mass is 471 g/mol. The van der Waals surface area contributed by atoms with Crippen molar-refractivity contribution >= 4 is 17.5 Å². The second-order valence-corrected chi connectivity index (χ2v) is 9.85. The summed E-state index contributed by atoms with van der Waals surface area (Å²) in [6, 6.07) is 7.39. The molecule has 33 heavy (non-hydrogen) atoms. The predicted octanol–water partition coefficient (Wildman–Crippen LogP) is 4.17. The zero-order valence-corrected chi connectivity index (χ0v) is 19.7. The summed E-state index contributed by atoms with van der Waals surface area (Å²) >= 11 is 6.35. The van der Waals surface area contributed by atoms with Crippen LogP contribution in [-0.2, 0) is 11.3 Å². The van der Waals surface area contributed by atoms with Crippen LogP contribution in [0.3, 0.4) is 0 Å². The maximum Gasteiger partial charge on any atom is 0.350 e. The van der Waals surface area contributed by atoms with E-state index in [1.54, 1.807) is 12.3 Å². The van der Waals surface area contributed by atoms with Crippen LogP contribution < -0.4 is 5.69 Å². The summed E-state index contributed by atoms with van der Waals surface area (Å²) in [4.78, 5) is 31.9. The number of aromatic nitrogens is 4. The third-order valence-corrected chi connectivity index (χ3v) is 6.21. The molecule has 4 rings (SSSR count). The van der Waals surface area contributed by atoms with Gasteiger partial charge in [0.15, 0.2) is 5.82 Å². The van der Waals surface area contributed by atoms with Gasteiger partial charge in [-0.25, -0.2) is 18.4 Å². The van der Waals surface area contributed by atoms with Gasteiger partial charge < -0.3 is 4.90 Å². The molecule has 2 aromatic heterocycles. The molecule has 0 radical (unpaired) electrons. The first-order chi connectivity index (χ1) is 15.6. The summed E-state index contributed by atoms with van der Waals surface area (Å²) in [6.07, 6.45) is 4.67. The molecule has 1 fully saturated rings. The van der Waals surface area contributed by atoms with Crippen LogP contribution in [0.25, 0.3) is 17.1 Å². The molecular weight excluding hydrogens is 445 g/mol. The smallest absolute Gasteiger partial charge is 0.342 e. The van der Waals surface area contributed by atoms with Crippen LogP contribution in [0.2, 0.25) is 5.02 Å². The molecule has 3 heterocycles. The number of pyridine rings is 1. The standard InChI is InChI=1S/C24H27ClFN5O2/c1-24(2,3)22(32)29-12-9-16(10-13-29)15-30-23(33)31(18-6-4-17(26)5-7-18)21(28-30)19-8-11-27-14-20(19)25/h4-8,11,14,16H,9-10,12-13,15H2,1-3H3. The van der Waals surface area contributed by atoms with Crippen molar-refractivity contribution < 1.29 is 9.18 Å². The minimum absolute atomic E-state index is 0.147. The summed E-state index contributed by atoms with van der Waals surface area (Å²) in [5.74, 6) is 0.343. The van der Waals surface area contributed by atoms with E-state index < -0.39 is 5.41 Å². The Morgan fingerprint density at radius 3 is 2.42 bits per heavy atom. The highest BCUT2D eigenvalue weighted by Gasteiger charge is 2.31. The van der Waals surface area contributed by atoms with Gasteiger partial charge in [0.1, 0.15) is 5.82 Å². The van der Waals surface area contributed by atoms with Crippen molar-refractivity contribution in [3.63, 3.8) is 0 Å². The SMILES string of the molecule is CC(C)(C)C(=O)N1CCC(Cn2nc(-c3ccncc3Cl)n(-c3ccc(F)cc3)c2=O)CC1. The average Bonchev–Trinajstić information content (AvgIpc) is 3.10. The van der Waals surface area contributed by atoms with E-state index in [2.05, 4.69) is 10.1 Å². The fraction of sp³-hybridized carbons (Fsp3) is 0.417. The van der Waals surface area contributed by atoms with Gasteiger partial charge in [-0.3, -0.25) is 9.78 Å². The Kier molecular flexibility index (Phi) is 6.38. The van der Waals surface area contributed by atoms with Gasteiger partial charge in [0.2, 0.25) is 5.91 Å². The van der Waals surface area contributed by atoms with Crippen molar-refractivity contribution in [3.05, 3.63) is 64.0 Å². The largest absolute Gasteiger partial charge is 0.350 e. The summed E-state index contributed by atoms with van der Waals surface area (Å²) in [7, 11) is 0. The van der Waals surface area contributed by atoms with Gasteiger partial charge in [-0.05, 0) is 49.1 Å². The maximum absolute atomic E-state index is 13.5. The molecule has 0 N–H and O–H groups in total. The highest BCUT2D eigenvalue weighted by molar-refractivity contribution is 6.33. The number of hydrogen-bond acceptors (Lipinski definition) is 4. The Labute approximate surface area is 196 Å². The van der Waals surface area contributed by atoms with Gasteiger partial charge >= 0.3 is 5.69 Å². The number of hydrogen-bond donors (Lipinski definition) is 0. The predicted molar refractivity (Wildman–Crippen MR) is 125 cm³/mol. The molecule has 1 saturated heterocycles. The summed E-state index contributed by atoms with van der Waals surface area (Å²) in [5, 5.41) is 4.98. The molecule has 1 aliphatic heterocycles. The molecule has 174 valence electrons. The number of likely N-dealkylation sites (tertiary alicyclic amines) is 1. The second kappa shape index (κ2) is 9.09. The number of nitrogens with zero attached hydrogens (tertiary/aromatic N) is 5. The molecule has 7 nitrogen and oxygen atoms in total. The first-order valence-corrected chi connectivity index (χ1v) is 11.4.